The van der Waals surface area contributed by atoms with Crippen molar-refractivity contribution in [3.05, 3.63) is 99.0 Å². The Hall–Kier alpha value is -1.83. The molecule has 1 aliphatic carbocycles. The van der Waals surface area contributed by atoms with Crippen LogP contribution in [0.3, 0.4) is 0 Å². The van der Waals surface area contributed by atoms with Gasteiger partial charge in [-0.3, -0.25) is 14.4 Å². The first-order valence-corrected chi connectivity index (χ1v) is 27.5. The Morgan fingerprint density at radius 3 is 1.51 bits per heavy atom. The second-order valence-corrected chi connectivity index (χ2v) is 24.8. The second kappa shape index (κ2) is 36.3. The standard InChI is InChI=1S/C15H30O4.C13H10Cl2O2.C9H8Cl3NO2S.C9H11ClO3.C4H7Cl3O/c1-2-3-4-5-6-7-8-9-10-11-15(18)19-13-14(17)12-16;14-10-1-3-12(16)8(6-10)5-9-7-11(15)2-4-13(9)17;10-9(11,12)16-13-7(14)5-3-1-2-4-6(5)8(13)15;10-7-1-3-9(4-2-7)13-6-8(12)5-11;1-3(2,8)4(5,6)7/h14,16-17H,2-13H2,1H3;1-4,6-7,16-17H,5H2;1-2,5-6H,3-4H2;1-4,8,11-12H,5-6H2;8H,1-2H3. The van der Waals surface area contributed by atoms with Crippen molar-refractivity contribution in [1.29, 1.82) is 0 Å². The number of esters is 1. The largest absolute Gasteiger partial charge is 0.508 e. The summed E-state index contributed by atoms with van der Waals surface area (Å²) in [6.07, 6.45) is 14.9. The third kappa shape index (κ3) is 30.1. The maximum atomic E-state index is 11.9. The van der Waals surface area contributed by atoms with Gasteiger partial charge in [0.2, 0.25) is 15.6 Å². The fourth-order valence-electron chi connectivity index (χ4n) is 6.23. The number of nitrogens with zero attached hydrogens (tertiary/aromatic N) is 1. The van der Waals surface area contributed by atoms with Crippen LogP contribution in [-0.2, 0) is 25.5 Å². The van der Waals surface area contributed by atoms with Gasteiger partial charge < -0.3 is 45.2 Å². The summed E-state index contributed by atoms with van der Waals surface area (Å²) >= 11 is 50.6. The molecule has 3 aromatic carbocycles. The van der Waals surface area contributed by atoms with Gasteiger partial charge >= 0.3 is 5.97 Å². The van der Waals surface area contributed by atoms with Crippen molar-refractivity contribution in [2.24, 2.45) is 11.8 Å². The van der Waals surface area contributed by atoms with Crippen LogP contribution in [0.1, 0.15) is 109 Å². The van der Waals surface area contributed by atoms with Crippen LogP contribution in [0.2, 0.25) is 15.1 Å². The minimum Gasteiger partial charge on any atom is -0.508 e. The molecule has 5 rings (SSSR count). The number of imide groups is 1. The molecule has 1 saturated heterocycles. The molecule has 1 fully saturated rings. The molecule has 412 valence electrons. The molecule has 4 unspecified atom stereocenters. The number of phenolic OH excluding ortho intramolecular Hbond substituents is 2. The third-order valence-corrected chi connectivity index (χ3v) is 13.9. The molecular formula is C50H66Cl9NO12S. The van der Waals surface area contributed by atoms with E-state index in [0.717, 1.165) is 17.1 Å². The molecule has 0 radical (unpaired) electrons. The fraction of sp³-hybridized carbons (Fsp3) is 0.540. The Kier molecular flexibility index (Phi) is 34.4. The predicted octanol–water partition coefficient (Wildman–Crippen LogP) is 12.9. The van der Waals surface area contributed by atoms with Crippen LogP contribution in [0.5, 0.6) is 17.2 Å². The van der Waals surface area contributed by atoms with Gasteiger partial charge in [0.05, 0.1) is 25.0 Å². The van der Waals surface area contributed by atoms with Crippen LogP contribution in [0.15, 0.2) is 72.8 Å². The molecule has 1 aliphatic heterocycles. The van der Waals surface area contributed by atoms with E-state index in [2.05, 4.69) is 6.92 Å². The quantitative estimate of drug-likeness (QED) is 0.0140. The monoisotopic (exact) mass is 1220 g/mol. The number of carbonyl (C=O) groups is 3. The number of aliphatic hydroxyl groups is 5. The molecular weight excluding hydrogens is 1160 g/mol. The summed E-state index contributed by atoms with van der Waals surface area (Å²) in [5.41, 5.74) is 0.0302. The Morgan fingerprint density at radius 1 is 0.685 bits per heavy atom. The highest BCUT2D eigenvalue weighted by Crippen LogP contribution is 2.47. The molecule has 2 aliphatic rings. The van der Waals surface area contributed by atoms with Crippen LogP contribution < -0.4 is 4.74 Å². The van der Waals surface area contributed by atoms with Crippen molar-refractivity contribution < 1.29 is 59.6 Å². The highest BCUT2D eigenvalue weighted by Gasteiger charge is 2.50. The van der Waals surface area contributed by atoms with Crippen LogP contribution in [0, 0.1) is 11.8 Å². The molecule has 23 heteroatoms. The van der Waals surface area contributed by atoms with E-state index in [1.807, 2.05) is 12.2 Å². The van der Waals surface area contributed by atoms with Gasteiger partial charge in [-0.15, -0.1) is 0 Å². The highest BCUT2D eigenvalue weighted by molar-refractivity contribution is 8.03. The summed E-state index contributed by atoms with van der Waals surface area (Å²) in [6.45, 7) is 4.39. The summed E-state index contributed by atoms with van der Waals surface area (Å²) in [5, 5.41) is 65.1. The van der Waals surface area contributed by atoms with Gasteiger partial charge in [-0.25, -0.2) is 4.31 Å². The summed E-state index contributed by atoms with van der Waals surface area (Å²) in [5.74, 6) is -0.434. The van der Waals surface area contributed by atoms with Crippen LogP contribution >= 0.6 is 116 Å². The lowest BCUT2D eigenvalue weighted by Gasteiger charge is -2.25. The van der Waals surface area contributed by atoms with Gasteiger partial charge in [-0.05, 0) is 105 Å². The van der Waals surface area contributed by atoms with Crippen molar-refractivity contribution in [3.8, 4) is 17.2 Å². The molecule has 0 aromatic heterocycles. The van der Waals surface area contributed by atoms with E-state index in [1.54, 1.807) is 48.5 Å². The predicted molar refractivity (Wildman–Crippen MR) is 297 cm³/mol. The van der Waals surface area contributed by atoms with Gasteiger partial charge in [0.1, 0.15) is 48.3 Å². The number of allylic oxidation sites excluding steroid dienone is 2. The lowest BCUT2D eigenvalue weighted by atomic mass is 9.85. The van der Waals surface area contributed by atoms with Crippen molar-refractivity contribution in [2.75, 3.05) is 26.4 Å². The molecule has 7 N–H and O–H groups in total. The molecule has 1 heterocycles. The number of ether oxygens (including phenoxy) is 2. The lowest BCUT2D eigenvalue weighted by molar-refractivity contribution is -0.147. The first-order valence-electron chi connectivity index (χ1n) is 23.3. The Balaban J connectivity index is 0.000000466. The number of carbonyl (C=O) groups excluding carboxylic acids is 3. The molecule has 0 bridgehead atoms. The number of hydrogen-bond acceptors (Lipinski definition) is 13. The number of benzene rings is 3. The Morgan fingerprint density at radius 2 is 1.10 bits per heavy atom. The number of rotatable bonds is 20. The first-order chi connectivity index (χ1) is 34.1. The smallest absolute Gasteiger partial charge is 0.305 e. The number of amides is 2. The van der Waals surface area contributed by atoms with Crippen molar-refractivity contribution in [3.63, 3.8) is 0 Å². The number of aromatic hydroxyl groups is 2. The summed E-state index contributed by atoms with van der Waals surface area (Å²) in [6, 6.07) is 16.4. The van der Waals surface area contributed by atoms with Crippen LogP contribution in [0.25, 0.3) is 0 Å². The van der Waals surface area contributed by atoms with Crippen molar-refractivity contribution in [1.82, 2.24) is 4.31 Å². The van der Waals surface area contributed by atoms with E-state index in [1.165, 1.54) is 70.9 Å². The molecule has 3 aromatic rings. The van der Waals surface area contributed by atoms with Crippen LogP contribution in [-0.4, -0.2) is 109 Å². The molecule has 0 saturated carbocycles. The van der Waals surface area contributed by atoms with Crippen molar-refractivity contribution in [2.45, 2.75) is 129 Å². The summed E-state index contributed by atoms with van der Waals surface area (Å²) < 4.78 is 7.68. The Labute approximate surface area is 478 Å². The summed E-state index contributed by atoms with van der Waals surface area (Å²) in [7, 11) is 0. The average molecular weight is 1220 g/mol. The molecule has 2 amide bonds. The maximum absolute atomic E-state index is 11.9. The number of unbranched alkanes of at least 4 members (excludes halogenated alkanes) is 8. The normalized spacial score (nSPS) is 16.0. The third-order valence-electron chi connectivity index (χ3n) is 10.4. The molecule has 0 spiro atoms. The highest BCUT2D eigenvalue weighted by atomic mass is 35.6. The number of aliphatic hydroxyl groups excluding tert-OH is 4. The SMILES string of the molecule is CC(C)(O)C(Cl)(Cl)Cl.CCCCCCCCCCCC(=O)OCC(O)CO.O=C1C2CC=CCC2C(=O)N1SC(Cl)(Cl)Cl.OCC(O)COc1ccc(Cl)cc1.Oc1ccc(Cl)cc1Cc1cc(Cl)ccc1O. The van der Waals surface area contributed by atoms with E-state index in [-0.39, 0.29) is 67.5 Å². The lowest BCUT2D eigenvalue weighted by Crippen LogP contribution is -2.35. The van der Waals surface area contributed by atoms with Crippen molar-refractivity contribution >= 4 is 134 Å². The zero-order valence-electron chi connectivity index (χ0n) is 40.7. The van der Waals surface area contributed by atoms with Gasteiger partial charge in [0.25, 0.3) is 3.12 Å². The minimum atomic E-state index is -1.69. The second-order valence-electron chi connectivity index (χ2n) is 17.1. The van der Waals surface area contributed by atoms with E-state index >= 15 is 0 Å². The first kappa shape index (κ1) is 69.2. The van der Waals surface area contributed by atoms with Gasteiger partial charge in [-0.1, -0.05) is 175 Å². The number of phenols is 2. The van der Waals surface area contributed by atoms with Gasteiger partial charge in [0.15, 0.2) is 0 Å². The number of hydrogen-bond donors (Lipinski definition) is 7. The zero-order chi connectivity index (χ0) is 55.4. The maximum Gasteiger partial charge on any atom is 0.305 e. The minimum absolute atomic E-state index is 0.0815. The number of fused-ring (bicyclic) bond motifs is 1. The van der Waals surface area contributed by atoms with E-state index < -0.39 is 24.7 Å². The van der Waals surface area contributed by atoms with Crippen LogP contribution in [0.4, 0.5) is 0 Å². The number of alkyl halides is 6. The zero-order valence-corrected chi connectivity index (χ0v) is 48.3. The molecule has 4 atom stereocenters. The van der Waals surface area contributed by atoms with E-state index in [9.17, 15) is 24.6 Å². The molecule has 73 heavy (non-hydrogen) atoms. The van der Waals surface area contributed by atoms with E-state index in [4.69, 9.17) is 139 Å². The van der Waals surface area contributed by atoms with Gasteiger partial charge in [-0.2, -0.15) is 0 Å². The summed E-state index contributed by atoms with van der Waals surface area (Å²) in [4.78, 5) is 35.1. The topological polar surface area (TPSA) is 215 Å². The average Bonchev–Trinajstić information content (AvgIpc) is 3.56. The van der Waals surface area contributed by atoms with E-state index in [0.29, 0.717) is 69.6 Å². The Bertz CT molecular complexity index is 2020. The number of halogens is 9. The van der Waals surface area contributed by atoms with Gasteiger partial charge in [0, 0.05) is 39.9 Å². The molecule has 13 nitrogen and oxygen atoms in total. The fourth-order valence-corrected chi connectivity index (χ4v) is 8.02.